The molecule has 6 nitrogen and oxygen atoms in total. The molecular weight excluding hydrogens is 350 g/mol. The van der Waals surface area contributed by atoms with E-state index >= 15 is 0 Å². The summed E-state index contributed by atoms with van der Waals surface area (Å²) in [4.78, 5) is 34.9. The molecule has 2 heterocycles. The summed E-state index contributed by atoms with van der Waals surface area (Å²) >= 11 is 3.39. The first-order valence-corrected chi connectivity index (χ1v) is 7.46. The van der Waals surface area contributed by atoms with Crippen molar-refractivity contribution in [2.24, 2.45) is 0 Å². The van der Waals surface area contributed by atoms with E-state index in [1.807, 2.05) is 18.2 Å². The topological polar surface area (TPSA) is 80.2 Å². The van der Waals surface area contributed by atoms with Gasteiger partial charge in [0.25, 0.3) is 5.91 Å². The maximum atomic E-state index is 12.1. The van der Waals surface area contributed by atoms with Crippen LogP contribution < -0.4 is 10.6 Å². The van der Waals surface area contributed by atoms with Crippen molar-refractivity contribution >= 4 is 50.8 Å². The van der Waals surface area contributed by atoms with Crippen LogP contribution in [0.4, 0.5) is 4.79 Å². The summed E-state index contributed by atoms with van der Waals surface area (Å²) < 4.78 is 2.41. The molecule has 112 valence electrons. The van der Waals surface area contributed by atoms with Crippen molar-refractivity contribution < 1.29 is 14.4 Å². The summed E-state index contributed by atoms with van der Waals surface area (Å²) in [6.45, 7) is 1.79. The van der Waals surface area contributed by atoms with Gasteiger partial charge in [0.05, 0.1) is 5.52 Å². The number of carbonyl (C=O) groups is 3. The lowest BCUT2D eigenvalue weighted by Crippen LogP contribution is -2.22. The zero-order valence-corrected chi connectivity index (χ0v) is 13.2. The highest BCUT2D eigenvalue weighted by Crippen LogP contribution is 2.27. The average molecular weight is 362 g/mol. The molecule has 0 unspecified atom stereocenters. The summed E-state index contributed by atoms with van der Waals surface area (Å²) in [7, 11) is 0. The summed E-state index contributed by atoms with van der Waals surface area (Å²) in [5.41, 5.74) is 1.60. The van der Waals surface area contributed by atoms with E-state index in [1.54, 1.807) is 23.8 Å². The van der Waals surface area contributed by atoms with E-state index < -0.39 is 11.9 Å². The summed E-state index contributed by atoms with van der Waals surface area (Å²) in [6, 6.07) is 5.02. The fourth-order valence-electron chi connectivity index (χ4n) is 2.36. The number of nitrogens with one attached hydrogen (secondary N) is 2. The quantitative estimate of drug-likeness (QED) is 0.637. The van der Waals surface area contributed by atoms with Gasteiger partial charge in [0.2, 0.25) is 5.91 Å². The maximum absolute atomic E-state index is 12.1. The second-order valence-electron chi connectivity index (χ2n) is 4.83. The fraction of sp³-hybridized carbons (Fsp3) is 0.133. The number of rotatable bonds is 2. The van der Waals surface area contributed by atoms with Crippen molar-refractivity contribution in [3.05, 3.63) is 40.1 Å². The minimum atomic E-state index is -0.549. The van der Waals surface area contributed by atoms with Gasteiger partial charge in [-0.05, 0) is 18.2 Å². The Morgan fingerprint density at radius 1 is 1.32 bits per heavy atom. The molecule has 22 heavy (non-hydrogen) atoms. The van der Waals surface area contributed by atoms with Gasteiger partial charge in [-0.3, -0.25) is 19.5 Å². The monoisotopic (exact) mass is 361 g/mol. The van der Waals surface area contributed by atoms with Gasteiger partial charge in [0.1, 0.15) is 5.70 Å². The van der Waals surface area contributed by atoms with Crippen LogP contribution in [0, 0.1) is 0 Å². The first-order chi connectivity index (χ1) is 10.5. The molecule has 1 fully saturated rings. The largest absolute Gasteiger partial charge is 0.326 e. The molecule has 0 atom stereocenters. The Bertz CT molecular complexity index is 851. The summed E-state index contributed by atoms with van der Waals surface area (Å²) in [5, 5.41) is 5.41. The maximum Gasteiger partial charge on any atom is 0.326 e. The molecule has 1 aliphatic rings. The molecule has 0 bridgehead atoms. The van der Waals surface area contributed by atoms with Gasteiger partial charge in [-0.1, -0.05) is 28.9 Å². The van der Waals surface area contributed by atoms with Crippen molar-refractivity contribution in [3.63, 3.8) is 0 Å². The van der Waals surface area contributed by atoms with Gasteiger partial charge in [-0.25, -0.2) is 4.79 Å². The van der Waals surface area contributed by atoms with Crippen LogP contribution in [-0.2, 0) is 4.79 Å². The van der Waals surface area contributed by atoms with Gasteiger partial charge in [0.15, 0.2) is 0 Å². The number of urea groups is 1. The standard InChI is InChI=1S/C15H12BrN3O3/c1-2-13(20)19-7-8(5-11-14(21)18-15(22)17-11)10-4-3-9(16)6-12(10)19/h3-7H,2H2,1H3,(H2,17,18,21,22)/b11-5+. The van der Waals surface area contributed by atoms with Crippen LogP contribution in [0.3, 0.4) is 0 Å². The second kappa shape index (κ2) is 5.42. The number of hydrogen-bond acceptors (Lipinski definition) is 3. The van der Waals surface area contributed by atoms with Gasteiger partial charge < -0.3 is 5.32 Å². The van der Waals surface area contributed by atoms with Crippen LogP contribution >= 0.6 is 15.9 Å². The Morgan fingerprint density at radius 2 is 2.09 bits per heavy atom. The number of hydrogen-bond donors (Lipinski definition) is 2. The number of aromatic nitrogens is 1. The normalized spacial score (nSPS) is 16.2. The SMILES string of the molecule is CCC(=O)n1cc(/C=C2/NC(=O)NC2=O)c2ccc(Br)cc21. The zero-order chi connectivity index (χ0) is 15.9. The molecule has 0 radical (unpaired) electrons. The number of nitrogens with zero attached hydrogens (tertiary/aromatic N) is 1. The molecule has 0 spiro atoms. The minimum absolute atomic E-state index is 0.0485. The van der Waals surface area contributed by atoms with E-state index in [2.05, 4.69) is 26.6 Å². The Hall–Kier alpha value is -2.41. The fourth-order valence-corrected chi connectivity index (χ4v) is 2.71. The number of amides is 3. The molecule has 0 saturated carbocycles. The van der Waals surface area contributed by atoms with Crippen molar-refractivity contribution in [1.82, 2.24) is 15.2 Å². The van der Waals surface area contributed by atoms with E-state index in [4.69, 9.17) is 0 Å². The third kappa shape index (κ3) is 2.43. The van der Waals surface area contributed by atoms with Gasteiger partial charge >= 0.3 is 6.03 Å². The number of carbonyl (C=O) groups excluding carboxylic acids is 3. The van der Waals surface area contributed by atoms with Crippen molar-refractivity contribution in [2.45, 2.75) is 13.3 Å². The molecule has 2 aromatic rings. The molecule has 3 rings (SSSR count). The van der Waals surface area contributed by atoms with Crippen LogP contribution in [0.25, 0.3) is 17.0 Å². The van der Waals surface area contributed by atoms with E-state index in [9.17, 15) is 14.4 Å². The highest BCUT2D eigenvalue weighted by molar-refractivity contribution is 9.10. The van der Waals surface area contributed by atoms with Crippen molar-refractivity contribution in [1.29, 1.82) is 0 Å². The Morgan fingerprint density at radius 3 is 2.73 bits per heavy atom. The second-order valence-corrected chi connectivity index (χ2v) is 5.75. The third-order valence-corrected chi connectivity index (χ3v) is 3.88. The predicted octanol–water partition coefficient (Wildman–Crippen LogP) is 2.63. The zero-order valence-electron chi connectivity index (χ0n) is 11.6. The number of imide groups is 1. The molecule has 1 aromatic heterocycles. The first-order valence-electron chi connectivity index (χ1n) is 6.67. The van der Waals surface area contributed by atoms with Gasteiger partial charge in [-0.2, -0.15) is 0 Å². The highest BCUT2D eigenvalue weighted by Gasteiger charge is 2.23. The summed E-state index contributed by atoms with van der Waals surface area (Å²) in [6.07, 6.45) is 3.60. The van der Waals surface area contributed by atoms with Crippen LogP contribution in [-0.4, -0.2) is 22.4 Å². The number of halogens is 1. The lowest BCUT2D eigenvalue weighted by molar-refractivity contribution is -0.115. The predicted molar refractivity (Wildman–Crippen MR) is 85.2 cm³/mol. The van der Waals surface area contributed by atoms with E-state index in [-0.39, 0.29) is 11.6 Å². The Kier molecular flexibility index (Phi) is 3.58. The average Bonchev–Trinajstić information content (AvgIpc) is 2.99. The molecular formula is C15H12BrN3O3. The molecule has 1 saturated heterocycles. The van der Waals surface area contributed by atoms with E-state index in [1.165, 1.54) is 0 Å². The van der Waals surface area contributed by atoms with E-state index in [0.717, 1.165) is 15.4 Å². The molecule has 3 amide bonds. The molecule has 1 aliphatic heterocycles. The third-order valence-electron chi connectivity index (χ3n) is 3.39. The number of benzene rings is 1. The van der Waals surface area contributed by atoms with Gasteiger partial charge in [0, 0.05) is 28.0 Å². The van der Waals surface area contributed by atoms with Gasteiger partial charge in [-0.15, -0.1) is 0 Å². The van der Waals surface area contributed by atoms with E-state index in [0.29, 0.717) is 12.0 Å². The lowest BCUT2D eigenvalue weighted by atomic mass is 10.1. The van der Waals surface area contributed by atoms with Crippen LogP contribution in [0.1, 0.15) is 23.7 Å². The minimum Gasteiger partial charge on any atom is -0.303 e. The van der Waals surface area contributed by atoms with Crippen molar-refractivity contribution in [2.75, 3.05) is 0 Å². The summed E-state index contributed by atoms with van der Waals surface area (Å²) in [5.74, 6) is -0.530. The highest BCUT2D eigenvalue weighted by atomic mass is 79.9. The smallest absolute Gasteiger partial charge is 0.303 e. The van der Waals surface area contributed by atoms with Crippen LogP contribution in [0.15, 0.2) is 34.6 Å². The molecule has 0 aliphatic carbocycles. The molecule has 7 heteroatoms. The molecule has 1 aromatic carbocycles. The first kappa shape index (κ1) is 14.5. The van der Waals surface area contributed by atoms with Crippen molar-refractivity contribution in [3.8, 4) is 0 Å². The lowest BCUT2D eigenvalue weighted by Gasteiger charge is -2.01. The Labute approximate surface area is 134 Å². The van der Waals surface area contributed by atoms with Crippen LogP contribution in [0.5, 0.6) is 0 Å². The number of fused-ring (bicyclic) bond motifs is 1. The van der Waals surface area contributed by atoms with Crippen LogP contribution in [0.2, 0.25) is 0 Å². The Balaban J connectivity index is 2.18. The molecule has 2 N–H and O–H groups in total.